The van der Waals surface area contributed by atoms with Crippen molar-refractivity contribution in [2.24, 2.45) is 5.41 Å². The second kappa shape index (κ2) is 9.82. The molecule has 4 fully saturated rings. The number of amides is 1. The van der Waals surface area contributed by atoms with Crippen molar-refractivity contribution in [3.63, 3.8) is 0 Å². The minimum Gasteiger partial charge on any atom is -0.378 e. The lowest BCUT2D eigenvalue weighted by Gasteiger charge is -2.58. The van der Waals surface area contributed by atoms with Gasteiger partial charge in [0.2, 0.25) is 5.91 Å². The molecule has 1 saturated carbocycles. The number of nitrogens with one attached hydrogen (secondary N) is 1. The monoisotopic (exact) mass is 591 g/mol. The molecule has 1 spiro atoms. The Labute approximate surface area is 252 Å². The van der Waals surface area contributed by atoms with E-state index in [-0.39, 0.29) is 16.9 Å². The lowest BCUT2D eigenvalue weighted by Crippen LogP contribution is -2.63. The molecule has 0 bridgehead atoms. The fraction of sp³-hybridized carbons (Fsp3) is 0.594. The van der Waals surface area contributed by atoms with Crippen molar-refractivity contribution in [2.75, 3.05) is 44.8 Å². The average Bonchev–Trinajstić information content (AvgIpc) is 3.45. The Hall–Kier alpha value is -2.88. The maximum atomic E-state index is 12.1. The summed E-state index contributed by atoms with van der Waals surface area (Å²) in [6, 6.07) is 3.40. The van der Waals surface area contributed by atoms with Gasteiger partial charge in [0.15, 0.2) is 5.82 Å². The molecule has 3 aromatic rings. The predicted molar refractivity (Wildman–Crippen MR) is 166 cm³/mol. The Morgan fingerprint density at radius 2 is 1.93 bits per heavy atom. The number of aromatic nitrogens is 4. The van der Waals surface area contributed by atoms with Gasteiger partial charge in [-0.05, 0) is 78.1 Å². The molecule has 1 aliphatic carbocycles. The number of H-pyrrole nitrogens is 1. The summed E-state index contributed by atoms with van der Waals surface area (Å²) in [4.78, 5) is 19.1. The number of aryl methyl sites for hydroxylation is 1. The van der Waals surface area contributed by atoms with Crippen LogP contribution in [0.3, 0.4) is 0 Å². The summed E-state index contributed by atoms with van der Waals surface area (Å²) in [6.07, 6.45) is 7.48. The maximum Gasteiger partial charge on any atom is 0.245 e. The van der Waals surface area contributed by atoms with E-state index in [9.17, 15) is 4.79 Å². The first-order valence-electron chi connectivity index (χ1n) is 15.2. The molecule has 1 amide bonds. The van der Waals surface area contributed by atoms with Crippen molar-refractivity contribution >= 4 is 34.2 Å². The zero-order valence-corrected chi connectivity index (χ0v) is 26.2. The summed E-state index contributed by atoms with van der Waals surface area (Å²) in [5.74, 6) is 1.04. The van der Waals surface area contributed by atoms with Gasteiger partial charge in [-0.25, -0.2) is 0 Å². The van der Waals surface area contributed by atoms with Gasteiger partial charge in [-0.2, -0.15) is 10.2 Å². The smallest absolute Gasteiger partial charge is 0.245 e. The molecular formula is C32H42ClN7O2. The fourth-order valence-electron chi connectivity index (χ4n) is 8.07. The minimum atomic E-state index is -0.103. The highest BCUT2D eigenvalue weighted by molar-refractivity contribution is 6.36. The quantitative estimate of drug-likeness (QED) is 0.401. The van der Waals surface area contributed by atoms with E-state index in [4.69, 9.17) is 21.4 Å². The Kier molecular flexibility index (Phi) is 6.53. The molecule has 7 rings (SSSR count). The highest BCUT2D eigenvalue weighted by atomic mass is 35.5. The number of hydrogen-bond donors (Lipinski definition) is 1. The van der Waals surface area contributed by atoms with E-state index in [0.717, 1.165) is 103 Å². The van der Waals surface area contributed by atoms with Gasteiger partial charge in [0, 0.05) is 58.8 Å². The van der Waals surface area contributed by atoms with E-state index in [1.807, 2.05) is 11.1 Å². The van der Waals surface area contributed by atoms with E-state index in [0.29, 0.717) is 18.1 Å². The first-order valence-corrected chi connectivity index (χ1v) is 15.6. The number of ether oxygens (including phenoxy) is 1. The van der Waals surface area contributed by atoms with Gasteiger partial charge in [-0.3, -0.25) is 19.5 Å². The number of anilines is 1. The van der Waals surface area contributed by atoms with Crippen molar-refractivity contribution in [3.05, 3.63) is 41.2 Å². The first-order chi connectivity index (χ1) is 20.0. The van der Waals surface area contributed by atoms with Gasteiger partial charge in [0.25, 0.3) is 0 Å². The molecule has 10 heteroatoms. The standard InChI is InChI=1S/C32H42ClN7O2/c1-7-26(41)38-17-32(18-38)12-22(13-32)40-20(3)27(28-24-14-34-35-25(24)10-19(2)29(28)33)30(36-40)39-9-8-21(11-31(39,4)5)37(6)23-15-42-16-23/h7,10,14,21-23H,1,8-9,11-13,15-18H2,2-6H3,(H,34,35). The van der Waals surface area contributed by atoms with Crippen molar-refractivity contribution < 1.29 is 9.53 Å². The van der Waals surface area contributed by atoms with Crippen LogP contribution in [0.25, 0.3) is 22.0 Å². The zero-order valence-electron chi connectivity index (χ0n) is 25.4. The van der Waals surface area contributed by atoms with Crippen LogP contribution in [-0.2, 0) is 9.53 Å². The van der Waals surface area contributed by atoms with Gasteiger partial charge in [-0.1, -0.05) is 18.2 Å². The number of nitrogens with zero attached hydrogens (tertiary/aromatic N) is 6. The number of piperidine rings is 1. The molecule has 4 aliphatic rings. The number of benzene rings is 1. The van der Waals surface area contributed by atoms with E-state index in [1.54, 1.807) is 0 Å². The van der Waals surface area contributed by atoms with Crippen LogP contribution in [0.4, 0.5) is 5.82 Å². The number of carbonyl (C=O) groups excluding carboxylic acids is 1. The number of aromatic amines is 1. The number of fused-ring (bicyclic) bond motifs is 1. The van der Waals surface area contributed by atoms with Crippen molar-refractivity contribution in [1.82, 2.24) is 29.8 Å². The molecule has 1 atom stereocenters. The Morgan fingerprint density at radius 3 is 2.57 bits per heavy atom. The topological polar surface area (TPSA) is 82.5 Å². The normalized spacial score (nSPS) is 23.7. The van der Waals surface area contributed by atoms with E-state index in [1.165, 1.54) is 6.08 Å². The largest absolute Gasteiger partial charge is 0.378 e. The summed E-state index contributed by atoms with van der Waals surface area (Å²) in [5, 5.41) is 14.8. The van der Waals surface area contributed by atoms with Crippen LogP contribution in [0.1, 0.15) is 56.8 Å². The Bertz CT molecular complexity index is 1560. The van der Waals surface area contributed by atoms with Crippen LogP contribution >= 0.6 is 11.6 Å². The third kappa shape index (κ3) is 4.22. The number of hydrogen-bond acceptors (Lipinski definition) is 6. The summed E-state index contributed by atoms with van der Waals surface area (Å²) < 4.78 is 7.76. The highest BCUT2D eigenvalue weighted by Gasteiger charge is 2.55. The minimum absolute atomic E-state index is 0.0308. The Morgan fingerprint density at radius 1 is 1.19 bits per heavy atom. The third-order valence-electron chi connectivity index (χ3n) is 10.6. The first kappa shape index (κ1) is 27.9. The SMILES string of the molecule is C=CC(=O)N1CC2(CC(n3nc(N4CCC(N(C)C5COC5)CC4(C)C)c(-c4c(Cl)c(C)cc5[nH]ncc45)c3C)C2)C1. The van der Waals surface area contributed by atoms with Crippen LogP contribution in [-0.4, -0.2) is 93.2 Å². The molecule has 2 aromatic heterocycles. The molecule has 224 valence electrons. The maximum absolute atomic E-state index is 12.1. The summed E-state index contributed by atoms with van der Waals surface area (Å²) >= 11 is 7.15. The van der Waals surface area contributed by atoms with Crippen molar-refractivity contribution in [2.45, 2.75) is 77.0 Å². The summed E-state index contributed by atoms with van der Waals surface area (Å²) in [5.41, 5.74) is 5.37. The van der Waals surface area contributed by atoms with E-state index >= 15 is 0 Å². The molecule has 9 nitrogen and oxygen atoms in total. The number of carbonyl (C=O) groups is 1. The van der Waals surface area contributed by atoms with Crippen LogP contribution in [0.2, 0.25) is 5.02 Å². The molecule has 1 aromatic carbocycles. The van der Waals surface area contributed by atoms with Gasteiger partial charge in [0.05, 0.1) is 42.0 Å². The van der Waals surface area contributed by atoms with Crippen LogP contribution in [0, 0.1) is 19.3 Å². The van der Waals surface area contributed by atoms with Crippen LogP contribution in [0.5, 0.6) is 0 Å². The molecule has 1 unspecified atom stereocenters. The molecule has 3 saturated heterocycles. The van der Waals surface area contributed by atoms with Gasteiger partial charge in [-0.15, -0.1) is 0 Å². The number of likely N-dealkylation sites (N-methyl/N-ethyl adjacent to an activating group) is 1. The van der Waals surface area contributed by atoms with Crippen molar-refractivity contribution in [3.8, 4) is 11.1 Å². The molecule has 5 heterocycles. The van der Waals surface area contributed by atoms with E-state index in [2.05, 4.69) is 72.1 Å². The summed E-state index contributed by atoms with van der Waals surface area (Å²) in [7, 11) is 2.26. The second-order valence-corrected chi connectivity index (χ2v) is 14.2. The molecule has 3 aliphatic heterocycles. The Balaban J connectivity index is 1.26. The van der Waals surface area contributed by atoms with Crippen molar-refractivity contribution in [1.29, 1.82) is 0 Å². The average molecular weight is 592 g/mol. The molecular weight excluding hydrogens is 550 g/mol. The van der Waals surface area contributed by atoms with Gasteiger partial charge in [0.1, 0.15) is 0 Å². The highest BCUT2D eigenvalue weighted by Crippen LogP contribution is 2.56. The van der Waals surface area contributed by atoms with E-state index < -0.39 is 0 Å². The molecule has 1 N–H and O–H groups in total. The third-order valence-corrected chi connectivity index (χ3v) is 11.1. The molecule has 0 radical (unpaired) electrons. The van der Waals surface area contributed by atoms with Gasteiger partial charge >= 0.3 is 0 Å². The van der Waals surface area contributed by atoms with Crippen LogP contribution in [0.15, 0.2) is 24.9 Å². The van der Waals surface area contributed by atoms with Gasteiger partial charge < -0.3 is 14.5 Å². The predicted octanol–water partition coefficient (Wildman–Crippen LogP) is 5.12. The summed E-state index contributed by atoms with van der Waals surface area (Å²) in [6.45, 7) is 16.8. The number of likely N-dealkylation sites (tertiary alicyclic amines) is 1. The number of rotatable bonds is 6. The molecule has 42 heavy (non-hydrogen) atoms. The zero-order chi connectivity index (χ0) is 29.6. The number of halogens is 1. The fourth-order valence-corrected chi connectivity index (χ4v) is 8.32. The lowest BCUT2D eigenvalue weighted by molar-refractivity contribution is -0.149. The lowest BCUT2D eigenvalue weighted by atomic mass is 9.60. The van der Waals surface area contributed by atoms with Crippen LogP contribution < -0.4 is 4.90 Å². The second-order valence-electron chi connectivity index (χ2n) is 13.9.